The van der Waals surface area contributed by atoms with Crippen molar-refractivity contribution in [2.24, 2.45) is 0 Å². The molecule has 6 aliphatic rings. The summed E-state index contributed by atoms with van der Waals surface area (Å²) in [6, 6.07) is 4.19. The highest BCUT2D eigenvalue weighted by Gasteiger charge is 2.55. The summed E-state index contributed by atoms with van der Waals surface area (Å²) < 4.78 is 35.7. The number of amides is 3. The Kier molecular flexibility index (Phi) is 9.07. The van der Waals surface area contributed by atoms with Gasteiger partial charge in [0.15, 0.2) is 24.6 Å². The van der Waals surface area contributed by atoms with Crippen molar-refractivity contribution in [3.63, 3.8) is 0 Å². The van der Waals surface area contributed by atoms with Crippen LogP contribution in [0.15, 0.2) is 30.4 Å². The second-order valence-corrected chi connectivity index (χ2v) is 14.1. The minimum atomic E-state index is -2.31. The van der Waals surface area contributed by atoms with Gasteiger partial charge in [0, 0.05) is 80.9 Å². The third kappa shape index (κ3) is 5.61. The number of carbonyl (C=O) groups is 5. The molecule has 8 atom stereocenters. The van der Waals surface area contributed by atoms with E-state index < -0.39 is 101 Å². The Morgan fingerprint density at radius 2 is 1.76 bits per heavy atom. The molecule has 17 nitrogen and oxygen atoms in total. The van der Waals surface area contributed by atoms with E-state index in [2.05, 4.69) is 10.2 Å². The van der Waals surface area contributed by atoms with Gasteiger partial charge in [0.05, 0.1) is 42.6 Å². The van der Waals surface area contributed by atoms with Gasteiger partial charge >= 0.3 is 0 Å². The lowest BCUT2D eigenvalue weighted by molar-refractivity contribution is -0.256. The summed E-state index contributed by atoms with van der Waals surface area (Å²) in [5.74, 6) is -4.83. The van der Waals surface area contributed by atoms with Crippen LogP contribution in [0.25, 0.3) is 0 Å². The number of rotatable bonds is 8. The van der Waals surface area contributed by atoms with E-state index in [4.69, 9.17) is 28.4 Å². The van der Waals surface area contributed by atoms with Crippen LogP contribution >= 0.6 is 0 Å². The van der Waals surface area contributed by atoms with Crippen molar-refractivity contribution >= 4 is 29.3 Å². The van der Waals surface area contributed by atoms with Crippen molar-refractivity contribution in [2.45, 2.75) is 74.9 Å². The number of hydrogen-bond donors (Lipinski definition) is 4. The van der Waals surface area contributed by atoms with Crippen LogP contribution in [-0.4, -0.2) is 138 Å². The van der Waals surface area contributed by atoms with Crippen LogP contribution < -0.4 is 10.1 Å². The predicted octanol–water partition coefficient (Wildman–Crippen LogP) is 0.191. The lowest BCUT2D eigenvalue weighted by Crippen LogP contribution is -2.55. The summed E-state index contributed by atoms with van der Waals surface area (Å²) in [4.78, 5) is 68.9. The molecule has 2 aromatic carbocycles. The molecule has 0 spiro atoms. The monoisotopic (exact) mass is 749 g/mol. The largest absolute Gasteiger partial charge is 0.507 e. The highest BCUT2D eigenvalue weighted by atomic mass is 16.7. The second kappa shape index (κ2) is 13.5. The van der Waals surface area contributed by atoms with Gasteiger partial charge < -0.3 is 49.1 Å². The van der Waals surface area contributed by atoms with Gasteiger partial charge in [-0.3, -0.25) is 33.8 Å². The fourth-order valence-electron chi connectivity index (χ4n) is 8.60. The van der Waals surface area contributed by atoms with E-state index in [0.29, 0.717) is 13.2 Å². The summed E-state index contributed by atoms with van der Waals surface area (Å²) >= 11 is 0. The average Bonchev–Trinajstić information content (AvgIpc) is 3.70. The Morgan fingerprint density at radius 1 is 1.02 bits per heavy atom. The van der Waals surface area contributed by atoms with Gasteiger partial charge in [-0.05, 0) is 13.0 Å². The Morgan fingerprint density at radius 3 is 2.48 bits per heavy atom. The Hall–Kier alpha value is -4.75. The molecule has 0 bridgehead atoms. The van der Waals surface area contributed by atoms with Gasteiger partial charge in [-0.15, -0.1) is 0 Å². The number of methoxy groups -OCH3 is 2. The van der Waals surface area contributed by atoms with Gasteiger partial charge in [-0.1, -0.05) is 12.1 Å². The van der Waals surface area contributed by atoms with Crippen molar-refractivity contribution in [2.75, 3.05) is 40.5 Å². The van der Waals surface area contributed by atoms with Crippen molar-refractivity contribution < 1.29 is 67.7 Å². The van der Waals surface area contributed by atoms with Crippen LogP contribution in [0.3, 0.4) is 0 Å². The zero-order chi connectivity index (χ0) is 38.2. The zero-order valence-electron chi connectivity index (χ0n) is 29.6. The van der Waals surface area contributed by atoms with Gasteiger partial charge in [0.25, 0.3) is 17.7 Å². The molecule has 0 saturated carbocycles. The normalized spacial score (nSPS) is 31.5. The van der Waals surface area contributed by atoms with Gasteiger partial charge in [-0.2, -0.15) is 0 Å². The number of morpholine rings is 1. The van der Waals surface area contributed by atoms with Gasteiger partial charge in [0.2, 0.25) is 5.78 Å². The number of benzene rings is 2. The smallest absolute Gasteiger partial charge is 0.253 e. The molecule has 54 heavy (non-hydrogen) atoms. The summed E-state index contributed by atoms with van der Waals surface area (Å²) in [6.07, 6.45) is -2.96. The number of ether oxygens (including phenoxy) is 6. The standard InChI is InChI=1S/C37H39N3O14/c1-16-33-19(39-11-12-51-35(50-3)34(39)54-33)13-24(52-16)53-21-15-37(48,36(47)38-9-10-40-22(41)7-8-23(40)42)14-18-26(21)32(46)28-27(30(18)44)29(43)17-5-4-6-20(49-2)25(17)31(28)45/h4-8,16,19,21,24,33-35,44,46,48H,9-15H2,1-3H3,(H,38,47)/t16-,19-,21-,24-,33+,34+,35-,37-/m0/s1. The zero-order valence-corrected chi connectivity index (χ0v) is 29.6. The Labute approximate surface area is 308 Å². The van der Waals surface area contributed by atoms with Crippen molar-refractivity contribution in [3.8, 4) is 17.2 Å². The summed E-state index contributed by atoms with van der Waals surface area (Å²) in [7, 11) is 2.86. The molecule has 17 heteroatoms. The maximum absolute atomic E-state index is 14.1. The lowest BCUT2D eigenvalue weighted by atomic mass is 9.72. The first-order valence-electron chi connectivity index (χ1n) is 17.6. The predicted molar refractivity (Wildman–Crippen MR) is 180 cm³/mol. The van der Waals surface area contributed by atoms with E-state index in [1.54, 1.807) is 0 Å². The maximum atomic E-state index is 14.1. The SMILES string of the molecule is COc1cccc2c1C(=O)c1c(O)c3c(c(O)c1C2=O)C[C@@](O)(C(=O)NCCN1C(=O)C=CC1=O)C[C@@H]3O[C@H]1C[C@H]2[C@H](O[C@@H]3[C@@H](OC)OCCN32)[C@H](C)O1. The summed E-state index contributed by atoms with van der Waals surface area (Å²) in [5, 5.41) is 38.4. The summed E-state index contributed by atoms with van der Waals surface area (Å²) in [5.41, 5.74) is -3.68. The van der Waals surface area contributed by atoms with Gasteiger partial charge in [0.1, 0.15) is 29.0 Å². The van der Waals surface area contributed by atoms with Crippen molar-refractivity contribution in [1.82, 2.24) is 15.1 Å². The molecule has 3 saturated heterocycles. The number of aromatic hydroxyl groups is 2. The highest BCUT2D eigenvalue weighted by Crippen LogP contribution is 2.53. The number of hydrogen-bond acceptors (Lipinski definition) is 15. The number of nitrogens with zero attached hydrogens (tertiary/aromatic N) is 2. The fourth-order valence-corrected chi connectivity index (χ4v) is 8.60. The first kappa shape index (κ1) is 36.2. The molecular formula is C37H39N3O14. The molecule has 8 rings (SSSR count). The molecule has 4 N–H and O–H groups in total. The van der Waals surface area contributed by atoms with E-state index in [1.807, 2.05) is 6.92 Å². The number of aliphatic hydroxyl groups is 1. The van der Waals surface area contributed by atoms with Gasteiger partial charge in [-0.25, -0.2) is 0 Å². The first-order chi connectivity index (χ1) is 25.9. The van der Waals surface area contributed by atoms with Crippen LogP contribution in [0, 0.1) is 0 Å². The van der Waals surface area contributed by atoms with E-state index in [1.165, 1.54) is 32.4 Å². The molecule has 3 amide bonds. The molecule has 3 fully saturated rings. The molecule has 2 aromatic rings. The van der Waals surface area contributed by atoms with Crippen LogP contribution in [-0.2, 0) is 44.5 Å². The molecule has 0 radical (unpaired) electrons. The molecule has 0 unspecified atom stereocenters. The number of nitrogens with one attached hydrogen (secondary N) is 1. The molecule has 2 aliphatic carbocycles. The molecule has 4 aliphatic heterocycles. The first-order valence-corrected chi connectivity index (χ1v) is 17.6. The lowest BCUT2D eigenvalue weighted by Gasteiger charge is -2.43. The van der Waals surface area contributed by atoms with Crippen LogP contribution in [0.5, 0.6) is 17.2 Å². The number of carbonyl (C=O) groups excluding carboxylic acids is 5. The van der Waals surface area contributed by atoms with E-state index in [0.717, 1.165) is 17.1 Å². The third-order valence-corrected chi connectivity index (χ3v) is 11.1. The third-order valence-electron chi connectivity index (χ3n) is 11.1. The number of fused-ring (bicyclic) bond motifs is 6. The molecule has 286 valence electrons. The maximum Gasteiger partial charge on any atom is 0.253 e. The topological polar surface area (TPSA) is 220 Å². The van der Waals surface area contributed by atoms with E-state index >= 15 is 0 Å². The number of ketones is 2. The number of phenols is 2. The second-order valence-electron chi connectivity index (χ2n) is 14.1. The van der Waals surface area contributed by atoms with E-state index in [-0.39, 0.29) is 59.7 Å². The quantitative estimate of drug-likeness (QED) is 0.179. The minimum absolute atomic E-state index is 0.0614. The Balaban J connectivity index is 1.15. The molecule has 4 heterocycles. The molecule has 0 aromatic heterocycles. The number of phenolic OH excluding ortho intramolecular Hbond substituents is 2. The average molecular weight is 750 g/mol. The number of imide groups is 1. The minimum Gasteiger partial charge on any atom is -0.507 e. The molecular weight excluding hydrogens is 710 g/mol. The van der Waals surface area contributed by atoms with Crippen molar-refractivity contribution in [1.29, 1.82) is 0 Å². The highest BCUT2D eigenvalue weighted by molar-refractivity contribution is 6.31. The van der Waals surface area contributed by atoms with Crippen molar-refractivity contribution in [3.05, 3.63) is 63.7 Å². The summed E-state index contributed by atoms with van der Waals surface area (Å²) in [6.45, 7) is 2.38. The van der Waals surface area contributed by atoms with Crippen LogP contribution in [0.2, 0.25) is 0 Å². The van der Waals surface area contributed by atoms with Crippen LogP contribution in [0.1, 0.15) is 68.8 Å². The van der Waals surface area contributed by atoms with Crippen LogP contribution in [0.4, 0.5) is 0 Å². The van der Waals surface area contributed by atoms with E-state index in [9.17, 15) is 39.3 Å². The fraction of sp³-hybridized carbons (Fsp3) is 0.486. The Bertz CT molecular complexity index is 1980.